The minimum Gasteiger partial charge on any atom is -0.484 e. The van der Waals surface area contributed by atoms with E-state index >= 15 is 0 Å². The third kappa shape index (κ3) is 2.34. The smallest absolute Gasteiger partial charge is 0.179 e. The largest absolute Gasteiger partial charge is 0.484 e. The molecule has 0 bridgehead atoms. The maximum Gasteiger partial charge on any atom is 0.179 e. The first-order valence-electron chi connectivity index (χ1n) is 6.14. The highest BCUT2D eigenvalue weighted by atomic mass is 16.5. The molecular formula is C14H20N2O2. The Morgan fingerprint density at radius 2 is 2.17 bits per heavy atom. The molecule has 0 aromatic heterocycles. The highest BCUT2D eigenvalue weighted by Gasteiger charge is 2.30. The predicted octanol–water partition coefficient (Wildman–Crippen LogP) is 1.82. The molecule has 0 radical (unpaired) electrons. The number of carbonyl (C=O) groups is 1. The van der Waals surface area contributed by atoms with Crippen molar-refractivity contribution < 1.29 is 9.53 Å². The summed E-state index contributed by atoms with van der Waals surface area (Å²) < 4.78 is 5.90. The van der Waals surface area contributed by atoms with Gasteiger partial charge in [0, 0.05) is 12.6 Å². The van der Waals surface area contributed by atoms with Crippen LogP contribution in [0.2, 0.25) is 0 Å². The summed E-state index contributed by atoms with van der Waals surface area (Å²) in [5, 5.41) is 0. The van der Waals surface area contributed by atoms with Gasteiger partial charge in [-0.2, -0.15) is 0 Å². The minimum absolute atomic E-state index is 0.0453. The number of rotatable bonds is 2. The van der Waals surface area contributed by atoms with Crippen molar-refractivity contribution in [2.45, 2.75) is 32.4 Å². The average molecular weight is 248 g/mol. The fourth-order valence-electron chi connectivity index (χ4n) is 2.30. The molecule has 18 heavy (non-hydrogen) atoms. The van der Waals surface area contributed by atoms with Gasteiger partial charge in [-0.1, -0.05) is 0 Å². The number of ether oxygens (including phenoxy) is 1. The van der Waals surface area contributed by atoms with Gasteiger partial charge in [-0.15, -0.1) is 0 Å². The van der Waals surface area contributed by atoms with Gasteiger partial charge in [-0.05, 0) is 39.0 Å². The lowest BCUT2D eigenvalue weighted by molar-refractivity contribution is 0.0967. The number of likely N-dealkylation sites (N-methyl/N-ethyl adjacent to an activating group) is 1. The second kappa shape index (κ2) is 4.28. The molecule has 4 nitrogen and oxygen atoms in total. The molecule has 1 heterocycles. The number of nitrogens with zero attached hydrogens (tertiary/aromatic N) is 1. The zero-order valence-corrected chi connectivity index (χ0v) is 11.4. The normalized spacial score (nSPS) is 18.8. The van der Waals surface area contributed by atoms with Crippen LogP contribution >= 0.6 is 0 Å². The Kier molecular flexibility index (Phi) is 3.07. The second-order valence-corrected chi connectivity index (χ2v) is 5.55. The zero-order chi connectivity index (χ0) is 13.5. The van der Waals surface area contributed by atoms with Crippen molar-refractivity contribution in [1.82, 2.24) is 0 Å². The molecule has 2 N–H and O–H groups in total. The summed E-state index contributed by atoms with van der Waals surface area (Å²) in [5.41, 5.74) is 7.00. The number of carbonyl (C=O) groups excluding carboxylic acids is 1. The fourth-order valence-corrected chi connectivity index (χ4v) is 2.30. The average Bonchev–Trinajstić information content (AvgIpc) is 2.26. The van der Waals surface area contributed by atoms with E-state index in [1.807, 2.05) is 33.0 Å². The molecule has 1 atom stereocenters. The first-order valence-corrected chi connectivity index (χ1v) is 6.14. The van der Waals surface area contributed by atoms with E-state index in [2.05, 4.69) is 4.90 Å². The van der Waals surface area contributed by atoms with Gasteiger partial charge in [-0.3, -0.25) is 4.79 Å². The third-order valence-corrected chi connectivity index (χ3v) is 3.07. The monoisotopic (exact) mass is 248 g/mol. The van der Waals surface area contributed by atoms with Crippen molar-refractivity contribution >= 4 is 11.5 Å². The maximum atomic E-state index is 11.9. The molecule has 4 heteroatoms. The highest BCUT2D eigenvalue weighted by Crippen LogP contribution is 2.36. The van der Waals surface area contributed by atoms with Gasteiger partial charge in [0.2, 0.25) is 0 Å². The van der Waals surface area contributed by atoms with Crippen LogP contribution < -0.4 is 15.4 Å². The lowest BCUT2D eigenvalue weighted by Gasteiger charge is -2.39. The molecule has 0 spiro atoms. The minimum atomic E-state index is -0.477. The molecule has 1 aliphatic rings. The van der Waals surface area contributed by atoms with Gasteiger partial charge in [0.05, 0.1) is 18.3 Å². The molecule has 1 aromatic rings. The van der Waals surface area contributed by atoms with Gasteiger partial charge >= 0.3 is 0 Å². The van der Waals surface area contributed by atoms with Crippen LogP contribution in [-0.2, 0) is 0 Å². The number of anilines is 1. The van der Waals surface area contributed by atoms with E-state index in [0.717, 1.165) is 18.0 Å². The van der Waals surface area contributed by atoms with Gasteiger partial charge < -0.3 is 15.4 Å². The lowest BCUT2D eigenvalue weighted by Crippen LogP contribution is -2.45. The van der Waals surface area contributed by atoms with E-state index in [9.17, 15) is 4.79 Å². The van der Waals surface area contributed by atoms with Crippen molar-refractivity contribution in [2.75, 3.05) is 18.5 Å². The standard InChI is InChI=1S/C14H20N2O2/c1-9(15)13(17)10-5-6-12-11(7-10)16(4)8-14(2,3)18-12/h5-7,9H,8,15H2,1-4H3. The summed E-state index contributed by atoms with van der Waals surface area (Å²) in [6.07, 6.45) is 0. The fraction of sp³-hybridized carbons (Fsp3) is 0.500. The van der Waals surface area contributed by atoms with Crippen molar-refractivity contribution in [3.8, 4) is 5.75 Å². The molecule has 2 rings (SSSR count). The zero-order valence-electron chi connectivity index (χ0n) is 11.4. The number of benzene rings is 1. The topological polar surface area (TPSA) is 55.6 Å². The van der Waals surface area contributed by atoms with Gasteiger partial charge in [-0.25, -0.2) is 0 Å². The van der Waals surface area contributed by atoms with Crippen LogP contribution in [0.25, 0.3) is 0 Å². The van der Waals surface area contributed by atoms with Crippen LogP contribution in [0.3, 0.4) is 0 Å². The Morgan fingerprint density at radius 1 is 1.50 bits per heavy atom. The van der Waals surface area contributed by atoms with Crippen molar-refractivity contribution in [3.63, 3.8) is 0 Å². The van der Waals surface area contributed by atoms with Crippen molar-refractivity contribution in [3.05, 3.63) is 23.8 Å². The van der Waals surface area contributed by atoms with Gasteiger partial charge in [0.1, 0.15) is 11.4 Å². The number of fused-ring (bicyclic) bond motifs is 1. The molecular weight excluding hydrogens is 228 g/mol. The SMILES string of the molecule is CC(N)C(=O)c1ccc2c(c1)N(C)CC(C)(C)O2. The van der Waals surface area contributed by atoms with Crippen LogP contribution in [0.1, 0.15) is 31.1 Å². The van der Waals surface area contributed by atoms with E-state index in [1.165, 1.54) is 0 Å². The summed E-state index contributed by atoms with van der Waals surface area (Å²) in [4.78, 5) is 14.0. The van der Waals surface area contributed by atoms with Crippen LogP contribution in [0.15, 0.2) is 18.2 Å². The number of hydrogen-bond donors (Lipinski definition) is 1. The maximum absolute atomic E-state index is 11.9. The van der Waals surface area contributed by atoms with E-state index in [-0.39, 0.29) is 11.4 Å². The van der Waals surface area contributed by atoms with Gasteiger partial charge in [0.25, 0.3) is 0 Å². The van der Waals surface area contributed by atoms with E-state index in [1.54, 1.807) is 13.0 Å². The summed E-state index contributed by atoms with van der Waals surface area (Å²) in [7, 11) is 2.00. The Bertz CT molecular complexity index is 481. The molecule has 0 saturated heterocycles. The first-order chi connectivity index (χ1) is 8.30. The predicted molar refractivity (Wildman–Crippen MR) is 72.4 cm³/mol. The molecule has 98 valence electrons. The molecule has 0 amide bonds. The second-order valence-electron chi connectivity index (χ2n) is 5.55. The van der Waals surface area contributed by atoms with Crippen LogP contribution in [-0.4, -0.2) is 31.0 Å². The molecule has 1 aliphatic heterocycles. The summed E-state index contributed by atoms with van der Waals surface area (Å²) in [6, 6.07) is 5.01. The van der Waals surface area contributed by atoms with Gasteiger partial charge in [0.15, 0.2) is 5.78 Å². The number of nitrogens with two attached hydrogens (primary N) is 1. The molecule has 0 fully saturated rings. The Morgan fingerprint density at radius 3 is 2.78 bits per heavy atom. The molecule has 0 saturated carbocycles. The van der Waals surface area contributed by atoms with Crippen molar-refractivity contribution in [1.29, 1.82) is 0 Å². The van der Waals surface area contributed by atoms with Crippen molar-refractivity contribution in [2.24, 2.45) is 5.73 Å². The number of Topliss-reactive ketones (excluding diaryl/α,β-unsaturated/α-hetero) is 1. The number of hydrogen-bond acceptors (Lipinski definition) is 4. The highest BCUT2D eigenvalue weighted by molar-refractivity contribution is 6.00. The molecule has 0 aliphatic carbocycles. The summed E-state index contributed by atoms with van der Waals surface area (Å²) in [5.74, 6) is 0.769. The number of ketones is 1. The Labute approximate surface area is 108 Å². The lowest BCUT2D eigenvalue weighted by atomic mass is 10.0. The Hall–Kier alpha value is -1.55. The van der Waals surface area contributed by atoms with Crippen LogP contribution in [0.4, 0.5) is 5.69 Å². The summed E-state index contributed by atoms with van der Waals surface area (Å²) in [6.45, 7) is 6.59. The quantitative estimate of drug-likeness (QED) is 0.811. The molecule has 1 aromatic carbocycles. The van der Waals surface area contributed by atoms with Crippen LogP contribution in [0.5, 0.6) is 5.75 Å². The molecule has 1 unspecified atom stereocenters. The van der Waals surface area contributed by atoms with E-state index in [4.69, 9.17) is 10.5 Å². The first kappa shape index (κ1) is 12.9. The summed E-state index contributed by atoms with van der Waals surface area (Å²) >= 11 is 0. The third-order valence-electron chi connectivity index (χ3n) is 3.07. The van der Waals surface area contributed by atoms with E-state index in [0.29, 0.717) is 5.56 Å². The Balaban J connectivity index is 2.39. The van der Waals surface area contributed by atoms with Crippen LogP contribution in [0, 0.1) is 0 Å². The van der Waals surface area contributed by atoms with E-state index < -0.39 is 6.04 Å².